The number of aliphatic hydroxyl groups is 1. The van der Waals surface area contributed by atoms with Crippen LogP contribution >= 0.6 is 0 Å². The zero-order chi connectivity index (χ0) is 12.3. The lowest BCUT2D eigenvalue weighted by Crippen LogP contribution is -2.18. The van der Waals surface area contributed by atoms with Gasteiger partial charge in [-0.05, 0) is 18.7 Å². The van der Waals surface area contributed by atoms with Gasteiger partial charge in [-0.3, -0.25) is 0 Å². The van der Waals surface area contributed by atoms with Gasteiger partial charge in [-0.25, -0.2) is 0 Å². The highest BCUT2D eigenvalue weighted by Gasteiger charge is 2.25. The molecule has 1 aliphatic rings. The molecule has 0 amide bonds. The van der Waals surface area contributed by atoms with Gasteiger partial charge < -0.3 is 24.6 Å². The van der Waals surface area contributed by atoms with Gasteiger partial charge in [0.05, 0.1) is 12.7 Å². The lowest BCUT2D eigenvalue weighted by molar-refractivity contribution is 0.149. The number of fused-ring (bicyclic) bond motifs is 1. The highest BCUT2D eigenvalue weighted by atomic mass is 16.7. The van der Waals surface area contributed by atoms with Gasteiger partial charge in [0.15, 0.2) is 11.5 Å². The highest BCUT2D eigenvalue weighted by molar-refractivity contribution is 5.53. The highest BCUT2D eigenvalue weighted by Crippen LogP contribution is 2.40. The molecule has 1 heterocycles. The molecule has 17 heavy (non-hydrogen) atoms. The van der Waals surface area contributed by atoms with E-state index in [1.807, 2.05) is 12.1 Å². The first-order valence-corrected chi connectivity index (χ1v) is 5.51. The molecule has 1 aromatic rings. The summed E-state index contributed by atoms with van der Waals surface area (Å²) >= 11 is 0. The van der Waals surface area contributed by atoms with Crippen molar-refractivity contribution in [1.82, 2.24) is 5.32 Å². The second-order valence-electron chi connectivity index (χ2n) is 3.88. The van der Waals surface area contributed by atoms with Crippen molar-refractivity contribution in [2.75, 3.05) is 27.5 Å². The van der Waals surface area contributed by atoms with Crippen LogP contribution in [0.1, 0.15) is 17.2 Å². The average Bonchev–Trinajstić information content (AvgIpc) is 2.77. The van der Waals surface area contributed by atoms with E-state index >= 15 is 0 Å². The maximum absolute atomic E-state index is 10.1. The fourth-order valence-electron chi connectivity index (χ4n) is 1.98. The summed E-state index contributed by atoms with van der Waals surface area (Å²) in [6, 6.07) is 3.73. The number of nitrogens with one attached hydrogen (secondary N) is 1. The summed E-state index contributed by atoms with van der Waals surface area (Å²) in [7, 11) is 3.42. The van der Waals surface area contributed by atoms with Crippen LogP contribution < -0.4 is 14.8 Å². The Labute approximate surface area is 100 Å². The van der Waals surface area contributed by atoms with Crippen molar-refractivity contribution >= 4 is 0 Å². The predicted molar refractivity (Wildman–Crippen MR) is 62.2 cm³/mol. The van der Waals surface area contributed by atoms with Gasteiger partial charge in [0.1, 0.15) is 0 Å². The minimum absolute atomic E-state index is 0.199. The molecule has 1 aliphatic heterocycles. The van der Waals surface area contributed by atoms with Gasteiger partial charge in [-0.1, -0.05) is 6.07 Å². The monoisotopic (exact) mass is 239 g/mol. The molecule has 2 rings (SSSR count). The van der Waals surface area contributed by atoms with Crippen LogP contribution in [0.4, 0.5) is 0 Å². The van der Waals surface area contributed by atoms with Crippen molar-refractivity contribution in [3.05, 3.63) is 23.3 Å². The van der Waals surface area contributed by atoms with E-state index in [-0.39, 0.29) is 6.79 Å². The molecule has 1 aromatic carbocycles. The Morgan fingerprint density at radius 2 is 2.29 bits per heavy atom. The Morgan fingerprint density at radius 1 is 1.47 bits per heavy atom. The summed E-state index contributed by atoms with van der Waals surface area (Å²) < 4.78 is 15.9. The average molecular weight is 239 g/mol. The predicted octanol–water partition coefficient (Wildman–Crippen LogP) is 0.814. The van der Waals surface area contributed by atoms with Crippen molar-refractivity contribution in [3.63, 3.8) is 0 Å². The maximum atomic E-state index is 10.1. The van der Waals surface area contributed by atoms with E-state index < -0.39 is 6.10 Å². The van der Waals surface area contributed by atoms with Gasteiger partial charge in [0, 0.05) is 19.2 Å². The summed E-state index contributed by atoms with van der Waals surface area (Å²) in [5.41, 5.74) is 1.66. The number of aliphatic hydroxyl groups excluding tert-OH is 1. The third-order valence-corrected chi connectivity index (χ3v) is 2.70. The summed E-state index contributed by atoms with van der Waals surface area (Å²) in [5.74, 6) is 1.30. The lowest BCUT2D eigenvalue weighted by Gasteiger charge is -2.17. The lowest BCUT2D eigenvalue weighted by atomic mass is 10.0. The number of ether oxygens (including phenoxy) is 3. The van der Waals surface area contributed by atoms with Gasteiger partial charge >= 0.3 is 0 Å². The Morgan fingerprint density at radius 3 is 3.00 bits per heavy atom. The molecular formula is C12H17NO4. The molecule has 5 heteroatoms. The zero-order valence-corrected chi connectivity index (χ0v) is 10.0. The number of hydrogen-bond acceptors (Lipinski definition) is 5. The van der Waals surface area contributed by atoms with Crippen LogP contribution in [-0.2, 0) is 11.3 Å². The van der Waals surface area contributed by atoms with E-state index in [0.29, 0.717) is 24.7 Å². The number of benzene rings is 1. The topological polar surface area (TPSA) is 60.0 Å². The van der Waals surface area contributed by atoms with Gasteiger partial charge in [-0.2, -0.15) is 0 Å². The normalized spacial score (nSPS) is 15.0. The first-order valence-electron chi connectivity index (χ1n) is 5.51. The Balaban J connectivity index is 2.40. The first-order chi connectivity index (χ1) is 8.27. The second-order valence-corrected chi connectivity index (χ2v) is 3.88. The maximum Gasteiger partial charge on any atom is 0.231 e. The number of likely N-dealkylation sites (N-methyl/N-ethyl adjacent to an activating group) is 1. The molecule has 94 valence electrons. The molecule has 0 fully saturated rings. The van der Waals surface area contributed by atoms with Crippen molar-refractivity contribution in [1.29, 1.82) is 0 Å². The first kappa shape index (κ1) is 12.2. The summed E-state index contributed by atoms with van der Waals surface area (Å²) in [6.07, 6.45) is -0.637. The van der Waals surface area contributed by atoms with Crippen molar-refractivity contribution in [2.45, 2.75) is 12.7 Å². The quantitative estimate of drug-likeness (QED) is 0.796. The van der Waals surface area contributed by atoms with E-state index in [2.05, 4.69) is 5.32 Å². The minimum atomic E-state index is -0.637. The van der Waals surface area contributed by atoms with Crippen LogP contribution in [0.15, 0.2) is 12.1 Å². The molecule has 5 nitrogen and oxygen atoms in total. The SMILES string of the molecule is CNCC(O)c1c(COC)ccc2c1OCO2. The Hall–Kier alpha value is -1.30. The van der Waals surface area contributed by atoms with E-state index in [4.69, 9.17) is 14.2 Å². The van der Waals surface area contributed by atoms with Crippen LogP contribution in [0.25, 0.3) is 0 Å². The molecule has 1 unspecified atom stereocenters. The summed E-state index contributed by atoms with van der Waals surface area (Å²) in [5, 5.41) is 13.1. The fourth-order valence-corrected chi connectivity index (χ4v) is 1.98. The van der Waals surface area contributed by atoms with Crippen LogP contribution in [0.2, 0.25) is 0 Å². The number of hydrogen-bond donors (Lipinski definition) is 2. The van der Waals surface area contributed by atoms with Gasteiger partial charge in [-0.15, -0.1) is 0 Å². The van der Waals surface area contributed by atoms with Crippen LogP contribution in [0.3, 0.4) is 0 Å². The molecule has 0 radical (unpaired) electrons. The van der Waals surface area contributed by atoms with E-state index in [1.165, 1.54) is 0 Å². The molecule has 0 aromatic heterocycles. The minimum Gasteiger partial charge on any atom is -0.454 e. The Bertz CT molecular complexity index is 394. The van der Waals surface area contributed by atoms with Crippen LogP contribution in [0, 0.1) is 0 Å². The van der Waals surface area contributed by atoms with Crippen molar-refractivity contribution in [2.24, 2.45) is 0 Å². The molecule has 0 spiro atoms. The number of methoxy groups -OCH3 is 1. The third-order valence-electron chi connectivity index (χ3n) is 2.70. The molecule has 0 bridgehead atoms. The van der Waals surface area contributed by atoms with Crippen molar-refractivity contribution in [3.8, 4) is 11.5 Å². The molecule has 1 atom stereocenters. The van der Waals surface area contributed by atoms with E-state index in [0.717, 1.165) is 11.1 Å². The van der Waals surface area contributed by atoms with E-state index in [1.54, 1.807) is 14.2 Å². The smallest absolute Gasteiger partial charge is 0.231 e. The summed E-state index contributed by atoms with van der Waals surface area (Å²) in [4.78, 5) is 0. The third kappa shape index (κ3) is 2.36. The largest absolute Gasteiger partial charge is 0.454 e. The molecule has 0 aliphatic carbocycles. The molecule has 2 N–H and O–H groups in total. The molecule has 0 saturated carbocycles. The standard InChI is InChI=1S/C12H17NO4/c1-13-5-9(14)11-8(6-15-2)3-4-10-12(11)17-7-16-10/h3-4,9,13-14H,5-7H2,1-2H3. The zero-order valence-electron chi connectivity index (χ0n) is 10.0. The van der Waals surface area contributed by atoms with E-state index in [9.17, 15) is 5.11 Å². The van der Waals surface area contributed by atoms with Crippen molar-refractivity contribution < 1.29 is 19.3 Å². The molecular weight excluding hydrogens is 222 g/mol. The second kappa shape index (κ2) is 5.35. The van der Waals surface area contributed by atoms with Crippen LogP contribution in [0.5, 0.6) is 11.5 Å². The number of rotatable bonds is 5. The molecule has 0 saturated heterocycles. The van der Waals surface area contributed by atoms with Gasteiger partial charge in [0.2, 0.25) is 6.79 Å². The van der Waals surface area contributed by atoms with Crippen LogP contribution in [-0.4, -0.2) is 32.6 Å². The fraction of sp³-hybridized carbons (Fsp3) is 0.500. The summed E-state index contributed by atoms with van der Waals surface area (Å²) in [6.45, 7) is 1.09. The van der Waals surface area contributed by atoms with Gasteiger partial charge in [0.25, 0.3) is 0 Å². The Kier molecular flexibility index (Phi) is 3.83.